The number of nitro benzene ring substituents is 1. The Morgan fingerprint density at radius 2 is 2.04 bits per heavy atom. The first-order valence-electron chi connectivity index (χ1n) is 7.28. The highest BCUT2D eigenvalue weighted by atomic mass is 19.1. The lowest BCUT2D eigenvalue weighted by molar-refractivity contribution is -0.387. The number of nitrogens with one attached hydrogen (secondary N) is 1. The van der Waals surface area contributed by atoms with Gasteiger partial charge in [0.25, 0.3) is 0 Å². The van der Waals surface area contributed by atoms with Crippen LogP contribution in [0.4, 0.5) is 14.9 Å². The summed E-state index contributed by atoms with van der Waals surface area (Å²) in [6.07, 6.45) is -3.41. The molecular weight excluding hydrogens is 323 g/mol. The van der Waals surface area contributed by atoms with Crippen molar-refractivity contribution in [1.29, 1.82) is 0 Å². The molecule has 1 amide bonds. The van der Waals surface area contributed by atoms with Crippen molar-refractivity contribution in [2.45, 2.75) is 45.0 Å². The number of hydrogen-bond acceptors (Lipinski definition) is 6. The molecular formula is C15H21FN2O6. The number of carbonyl (C=O) groups excluding carboxylic acids is 1. The Bertz CT molecular complexity index is 602. The zero-order valence-corrected chi connectivity index (χ0v) is 13.7. The molecule has 0 radical (unpaired) electrons. The van der Waals surface area contributed by atoms with Crippen LogP contribution in [0.15, 0.2) is 18.2 Å². The zero-order valence-electron chi connectivity index (χ0n) is 13.7. The summed E-state index contributed by atoms with van der Waals surface area (Å²) in [6.45, 7) is 5.14. The van der Waals surface area contributed by atoms with E-state index >= 15 is 0 Å². The summed E-state index contributed by atoms with van der Waals surface area (Å²) in [6, 6.07) is 2.88. The third-order valence-corrected chi connectivity index (χ3v) is 2.98. The fourth-order valence-corrected chi connectivity index (χ4v) is 1.87. The molecule has 0 aliphatic carbocycles. The van der Waals surface area contributed by atoms with E-state index in [0.29, 0.717) is 0 Å². The number of halogens is 1. The second kappa shape index (κ2) is 8.02. The summed E-state index contributed by atoms with van der Waals surface area (Å²) in [5.74, 6) is -1.10. The Morgan fingerprint density at radius 3 is 2.54 bits per heavy atom. The smallest absolute Gasteiger partial charge is 0.407 e. The number of rotatable bonds is 6. The van der Waals surface area contributed by atoms with E-state index in [9.17, 15) is 29.5 Å². The minimum Gasteiger partial charge on any atom is -0.444 e. The predicted molar refractivity (Wildman–Crippen MR) is 82.9 cm³/mol. The lowest BCUT2D eigenvalue weighted by Gasteiger charge is -2.21. The van der Waals surface area contributed by atoms with Crippen LogP contribution in [0.1, 0.15) is 38.9 Å². The van der Waals surface area contributed by atoms with Crippen molar-refractivity contribution < 1.29 is 29.1 Å². The molecule has 9 heteroatoms. The second-order valence-electron chi connectivity index (χ2n) is 6.20. The molecule has 0 aromatic heterocycles. The normalized spacial score (nSPS) is 13.9. The Morgan fingerprint density at radius 1 is 1.42 bits per heavy atom. The molecule has 0 spiro atoms. The van der Waals surface area contributed by atoms with Crippen LogP contribution < -0.4 is 5.32 Å². The highest BCUT2D eigenvalue weighted by Crippen LogP contribution is 2.24. The molecule has 134 valence electrons. The SMILES string of the molecule is CC(C)(C)OC(=O)NCCC(O)C(O)c1ccc([N+](=O)[O-])c(F)c1. The third kappa shape index (κ3) is 6.09. The Balaban J connectivity index is 2.56. The van der Waals surface area contributed by atoms with E-state index in [4.69, 9.17) is 4.74 Å². The lowest BCUT2D eigenvalue weighted by Crippen LogP contribution is -2.34. The molecule has 0 bridgehead atoms. The number of carbonyl (C=O) groups is 1. The third-order valence-electron chi connectivity index (χ3n) is 2.98. The van der Waals surface area contributed by atoms with Crippen molar-refractivity contribution in [3.05, 3.63) is 39.7 Å². The predicted octanol–water partition coefficient (Wildman–Crippen LogP) is 2.04. The van der Waals surface area contributed by atoms with Crippen LogP contribution in [-0.2, 0) is 4.74 Å². The van der Waals surface area contributed by atoms with Gasteiger partial charge >= 0.3 is 11.8 Å². The number of amides is 1. The van der Waals surface area contributed by atoms with Crippen molar-refractivity contribution in [3.63, 3.8) is 0 Å². The van der Waals surface area contributed by atoms with Crippen LogP contribution in [0, 0.1) is 15.9 Å². The monoisotopic (exact) mass is 344 g/mol. The van der Waals surface area contributed by atoms with Crippen molar-refractivity contribution >= 4 is 11.8 Å². The Hall–Kier alpha value is -2.26. The number of ether oxygens (including phenoxy) is 1. The van der Waals surface area contributed by atoms with Crippen LogP contribution in [0.3, 0.4) is 0 Å². The van der Waals surface area contributed by atoms with E-state index in [0.717, 1.165) is 18.2 Å². The zero-order chi connectivity index (χ0) is 18.5. The van der Waals surface area contributed by atoms with Crippen LogP contribution in [0.5, 0.6) is 0 Å². The van der Waals surface area contributed by atoms with Gasteiger partial charge in [0, 0.05) is 12.6 Å². The van der Waals surface area contributed by atoms with E-state index in [1.807, 2.05) is 0 Å². The summed E-state index contributed by atoms with van der Waals surface area (Å²) in [7, 11) is 0. The summed E-state index contributed by atoms with van der Waals surface area (Å²) < 4.78 is 18.5. The van der Waals surface area contributed by atoms with E-state index in [1.54, 1.807) is 20.8 Å². The molecule has 0 fully saturated rings. The average molecular weight is 344 g/mol. The van der Waals surface area contributed by atoms with Crippen molar-refractivity contribution in [3.8, 4) is 0 Å². The van der Waals surface area contributed by atoms with Gasteiger partial charge in [-0.15, -0.1) is 0 Å². The van der Waals surface area contributed by atoms with Crippen molar-refractivity contribution in [2.75, 3.05) is 6.54 Å². The van der Waals surface area contributed by atoms with Gasteiger partial charge in [-0.1, -0.05) is 0 Å². The van der Waals surface area contributed by atoms with Gasteiger partial charge in [-0.05, 0) is 44.9 Å². The van der Waals surface area contributed by atoms with Gasteiger partial charge in [0.15, 0.2) is 0 Å². The van der Waals surface area contributed by atoms with Crippen LogP contribution >= 0.6 is 0 Å². The highest BCUT2D eigenvalue weighted by molar-refractivity contribution is 5.67. The molecule has 0 heterocycles. The number of aliphatic hydroxyl groups excluding tert-OH is 2. The Labute approximate surface area is 138 Å². The molecule has 1 aromatic carbocycles. The fraction of sp³-hybridized carbons (Fsp3) is 0.533. The first-order chi connectivity index (χ1) is 11.0. The van der Waals surface area contributed by atoms with Crippen LogP contribution in [-0.4, -0.2) is 39.5 Å². The van der Waals surface area contributed by atoms with Crippen molar-refractivity contribution in [1.82, 2.24) is 5.32 Å². The molecule has 2 unspecified atom stereocenters. The summed E-state index contributed by atoms with van der Waals surface area (Å²) >= 11 is 0. The summed E-state index contributed by atoms with van der Waals surface area (Å²) in [5, 5.41) is 32.8. The highest BCUT2D eigenvalue weighted by Gasteiger charge is 2.22. The summed E-state index contributed by atoms with van der Waals surface area (Å²) in [5.41, 5.74) is -1.37. The molecule has 3 N–H and O–H groups in total. The quantitative estimate of drug-likeness (QED) is 0.536. The summed E-state index contributed by atoms with van der Waals surface area (Å²) in [4.78, 5) is 21.1. The molecule has 0 aliphatic rings. The number of hydrogen-bond donors (Lipinski definition) is 3. The minimum absolute atomic E-state index is 0.00266. The van der Waals surface area contributed by atoms with E-state index < -0.39 is 40.3 Å². The molecule has 2 atom stereocenters. The topological polar surface area (TPSA) is 122 Å². The number of nitro groups is 1. The number of benzene rings is 1. The van der Waals surface area contributed by atoms with Crippen molar-refractivity contribution in [2.24, 2.45) is 0 Å². The van der Waals surface area contributed by atoms with Gasteiger partial charge in [0.1, 0.15) is 11.7 Å². The van der Waals surface area contributed by atoms with Gasteiger partial charge in [-0.25, -0.2) is 4.79 Å². The van der Waals surface area contributed by atoms with Crippen LogP contribution in [0.2, 0.25) is 0 Å². The largest absolute Gasteiger partial charge is 0.444 e. The molecule has 0 aliphatic heterocycles. The van der Waals surface area contributed by atoms with E-state index in [-0.39, 0.29) is 18.5 Å². The van der Waals surface area contributed by atoms with Gasteiger partial charge in [-0.3, -0.25) is 10.1 Å². The first kappa shape index (κ1) is 19.8. The molecule has 0 saturated carbocycles. The average Bonchev–Trinajstić information content (AvgIpc) is 2.43. The van der Waals surface area contributed by atoms with Gasteiger partial charge in [0.05, 0.1) is 11.0 Å². The maximum absolute atomic E-state index is 13.5. The molecule has 0 saturated heterocycles. The van der Waals surface area contributed by atoms with Gasteiger partial charge in [0.2, 0.25) is 5.82 Å². The van der Waals surface area contributed by atoms with E-state index in [1.165, 1.54) is 0 Å². The van der Waals surface area contributed by atoms with Crippen LogP contribution in [0.25, 0.3) is 0 Å². The van der Waals surface area contributed by atoms with E-state index in [2.05, 4.69) is 5.32 Å². The lowest BCUT2D eigenvalue weighted by atomic mass is 10.0. The number of nitrogens with zero attached hydrogens (tertiary/aromatic N) is 1. The maximum Gasteiger partial charge on any atom is 0.407 e. The molecule has 1 rings (SSSR count). The molecule has 8 nitrogen and oxygen atoms in total. The van der Waals surface area contributed by atoms with Gasteiger partial charge in [-0.2, -0.15) is 4.39 Å². The van der Waals surface area contributed by atoms with Gasteiger partial charge < -0.3 is 20.3 Å². The standard InChI is InChI=1S/C15H21FN2O6/c1-15(2,3)24-14(21)17-7-6-12(19)13(20)9-4-5-11(18(22)23)10(16)8-9/h4-5,8,12-13,19-20H,6-7H2,1-3H3,(H,17,21). The molecule has 24 heavy (non-hydrogen) atoms. The molecule has 1 aromatic rings. The number of aliphatic hydroxyl groups is 2. The maximum atomic E-state index is 13.5. The minimum atomic E-state index is -1.44. The second-order valence-corrected chi connectivity index (χ2v) is 6.20. The fourth-order valence-electron chi connectivity index (χ4n) is 1.87. The first-order valence-corrected chi connectivity index (χ1v) is 7.28. The number of alkyl carbamates (subject to hydrolysis) is 1. The Kier molecular flexibility index (Phi) is 6.61.